The van der Waals surface area contributed by atoms with E-state index in [2.05, 4.69) is 24.1 Å². The maximum Gasteiger partial charge on any atom is 0.394 e. The number of hydrogen-bond donors (Lipinski definition) is 1. The average Bonchev–Trinajstić information content (AvgIpc) is 2.62. The maximum atomic E-state index is 5.82. The first-order valence-corrected chi connectivity index (χ1v) is 7.08. The van der Waals surface area contributed by atoms with Gasteiger partial charge in [0.2, 0.25) is 0 Å². The Hall–Kier alpha value is -1.03. The zero-order chi connectivity index (χ0) is 12.8. The van der Waals surface area contributed by atoms with Gasteiger partial charge in [0.15, 0.2) is 0 Å². The second kappa shape index (κ2) is 6.78. The fourth-order valence-electron chi connectivity index (χ4n) is 2.23. The number of aromatic nitrogens is 1. The molecule has 0 spiro atoms. The molecular formula is C14H24N2O2. The van der Waals surface area contributed by atoms with Crippen LogP contribution in [-0.2, 0) is 6.54 Å². The van der Waals surface area contributed by atoms with Crippen LogP contribution in [-0.4, -0.2) is 17.1 Å². The normalized spacial score (nSPS) is 17.9. The predicted octanol–water partition coefficient (Wildman–Crippen LogP) is 3.27. The van der Waals surface area contributed by atoms with Gasteiger partial charge in [-0.15, -0.1) is 0 Å². The van der Waals surface area contributed by atoms with Gasteiger partial charge in [-0.1, -0.05) is 26.7 Å². The lowest BCUT2D eigenvalue weighted by Crippen LogP contribution is -2.22. The van der Waals surface area contributed by atoms with Gasteiger partial charge < -0.3 is 14.5 Å². The highest BCUT2D eigenvalue weighted by molar-refractivity contribution is 5.00. The molecule has 2 rings (SSSR count). The molecule has 4 nitrogen and oxygen atoms in total. The average molecular weight is 252 g/mol. The van der Waals surface area contributed by atoms with Crippen LogP contribution in [0.4, 0.5) is 0 Å². The predicted molar refractivity (Wildman–Crippen MR) is 70.6 cm³/mol. The van der Waals surface area contributed by atoms with Gasteiger partial charge >= 0.3 is 6.08 Å². The van der Waals surface area contributed by atoms with Crippen LogP contribution in [0, 0.1) is 0 Å². The Bertz CT molecular complexity index is 341. The lowest BCUT2D eigenvalue weighted by Gasteiger charge is -2.12. The summed E-state index contributed by atoms with van der Waals surface area (Å²) >= 11 is 0. The topological polar surface area (TPSA) is 47.3 Å². The highest BCUT2D eigenvalue weighted by Crippen LogP contribution is 2.22. The Morgan fingerprint density at radius 1 is 1.33 bits per heavy atom. The molecule has 0 aromatic carbocycles. The zero-order valence-electron chi connectivity index (χ0n) is 11.4. The molecular weight excluding hydrogens is 228 g/mol. The van der Waals surface area contributed by atoms with Crippen molar-refractivity contribution in [3.8, 4) is 6.08 Å². The second-order valence-electron chi connectivity index (χ2n) is 5.37. The Morgan fingerprint density at radius 3 is 2.72 bits per heavy atom. The van der Waals surface area contributed by atoms with Crippen molar-refractivity contribution in [3.63, 3.8) is 0 Å². The summed E-state index contributed by atoms with van der Waals surface area (Å²) in [5.74, 6) is 0. The second-order valence-corrected chi connectivity index (χ2v) is 5.37. The summed E-state index contributed by atoms with van der Waals surface area (Å²) in [5.41, 5.74) is 0.910. The van der Waals surface area contributed by atoms with Gasteiger partial charge in [-0.3, -0.25) is 0 Å². The van der Waals surface area contributed by atoms with Crippen LogP contribution >= 0.6 is 0 Å². The van der Waals surface area contributed by atoms with E-state index < -0.39 is 0 Å². The molecule has 1 heterocycles. The number of nitrogens with one attached hydrogen (secondary N) is 1. The van der Waals surface area contributed by atoms with Crippen molar-refractivity contribution in [2.24, 2.45) is 0 Å². The van der Waals surface area contributed by atoms with Crippen molar-refractivity contribution in [1.29, 1.82) is 0 Å². The summed E-state index contributed by atoms with van der Waals surface area (Å²) < 4.78 is 11.2. The highest BCUT2D eigenvalue weighted by Gasteiger charge is 2.16. The fraction of sp³-hybridized carbons (Fsp3) is 0.786. The summed E-state index contributed by atoms with van der Waals surface area (Å²) in [4.78, 5) is 4.36. The summed E-state index contributed by atoms with van der Waals surface area (Å²) in [6.07, 6.45) is 9.83. The molecule has 102 valence electrons. The SMILES string of the molecule is CC(C)NCc1coc(OC2CCCCCC2)n1. The molecule has 1 aliphatic rings. The third kappa shape index (κ3) is 4.33. The molecule has 1 fully saturated rings. The van der Waals surface area contributed by atoms with Crippen LogP contribution in [0.2, 0.25) is 0 Å². The summed E-state index contributed by atoms with van der Waals surface area (Å²) in [7, 11) is 0. The Balaban J connectivity index is 1.81. The number of hydrogen-bond acceptors (Lipinski definition) is 4. The van der Waals surface area contributed by atoms with Gasteiger partial charge in [0.05, 0.1) is 5.69 Å². The maximum absolute atomic E-state index is 5.82. The Morgan fingerprint density at radius 2 is 2.06 bits per heavy atom. The Labute approximate surface area is 109 Å². The first kappa shape index (κ1) is 13.4. The molecule has 0 unspecified atom stereocenters. The van der Waals surface area contributed by atoms with E-state index in [0.29, 0.717) is 12.1 Å². The smallest absolute Gasteiger partial charge is 0.394 e. The van der Waals surface area contributed by atoms with Crippen LogP contribution in [0.25, 0.3) is 0 Å². The first-order chi connectivity index (χ1) is 8.74. The van der Waals surface area contributed by atoms with E-state index in [1.165, 1.54) is 25.7 Å². The van der Waals surface area contributed by atoms with Crippen molar-refractivity contribution >= 4 is 0 Å². The third-order valence-corrected chi connectivity index (χ3v) is 3.29. The molecule has 1 saturated carbocycles. The summed E-state index contributed by atoms with van der Waals surface area (Å²) in [5, 5.41) is 3.31. The molecule has 1 aromatic heterocycles. The molecule has 1 aliphatic carbocycles. The van der Waals surface area contributed by atoms with Crippen molar-refractivity contribution in [3.05, 3.63) is 12.0 Å². The van der Waals surface area contributed by atoms with Crippen LogP contribution in [0.1, 0.15) is 58.1 Å². The minimum Gasteiger partial charge on any atom is -0.447 e. The molecule has 0 atom stereocenters. The first-order valence-electron chi connectivity index (χ1n) is 7.08. The van der Waals surface area contributed by atoms with E-state index in [-0.39, 0.29) is 6.10 Å². The molecule has 0 saturated heterocycles. The van der Waals surface area contributed by atoms with Crippen LogP contribution < -0.4 is 10.1 Å². The fourth-order valence-corrected chi connectivity index (χ4v) is 2.23. The van der Waals surface area contributed by atoms with Crippen molar-refractivity contribution < 1.29 is 9.15 Å². The molecule has 4 heteroatoms. The van der Waals surface area contributed by atoms with Crippen LogP contribution in [0.5, 0.6) is 6.08 Å². The lowest BCUT2D eigenvalue weighted by molar-refractivity contribution is 0.133. The van der Waals surface area contributed by atoms with E-state index in [1.807, 2.05) is 0 Å². The van der Waals surface area contributed by atoms with Gasteiger partial charge in [0, 0.05) is 12.6 Å². The van der Waals surface area contributed by atoms with Crippen LogP contribution in [0.3, 0.4) is 0 Å². The standard InChI is InChI=1S/C14H24N2O2/c1-11(2)15-9-12-10-17-14(16-12)18-13-7-5-3-4-6-8-13/h10-11,13,15H,3-9H2,1-2H3. The monoisotopic (exact) mass is 252 g/mol. The number of oxazole rings is 1. The van der Waals surface area contributed by atoms with E-state index in [4.69, 9.17) is 9.15 Å². The highest BCUT2D eigenvalue weighted by atomic mass is 16.6. The number of rotatable bonds is 5. The molecule has 0 amide bonds. The minimum atomic E-state index is 0.289. The van der Waals surface area contributed by atoms with Crippen LogP contribution in [0.15, 0.2) is 10.7 Å². The van der Waals surface area contributed by atoms with Gasteiger partial charge in [0.25, 0.3) is 0 Å². The lowest BCUT2D eigenvalue weighted by atomic mass is 10.2. The third-order valence-electron chi connectivity index (χ3n) is 3.29. The van der Waals surface area contributed by atoms with Gasteiger partial charge in [0.1, 0.15) is 12.4 Å². The Kier molecular flexibility index (Phi) is 5.05. The summed E-state index contributed by atoms with van der Waals surface area (Å²) in [6.45, 7) is 4.96. The van der Waals surface area contributed by atoms with Crippen molar-refractivity contribution in [1.82, 2.24) is 10.3 Å². The molecule has 1 aromatic rings. The van der Waals surface area contributed by atoms with E-state index >= 15 is 0 Å². The molecule has 18 heavy (non-hydrogen) atoms. The van der Waals surface area contributed by atoms with E-state index in [1.54, 1.807) is 6.26 Å². The minimum absolute atomic E-state index is 0.289. The molecule has 0 aliphatic heterocycles. The van der Waals surface area contributed by atoms with E-state index in [0.717, 1.165) is 25.1 Å². The summed E-state index contributed by atoms with van der Waals surface area (Å²) in [6, 6.07) is 0.452. The van der Waals surface area contributed by atoms with E-state index in [9.17, 15) is 0 Å². The number of nitrogens with zero attached hydrogens (tertiary/aromatic N) is 1. The van der Waals surface area contributed by atoms with Gasteiger partial charge in [-0.25, -0.2) is 0 Å². The molecule has 1 N–H and O–H groups in total. The molecule has 0 radical (unpaired) electrons. The van der Waals surface area contributed by atoms with Gasteiger partial charge in [-0.05, 0) is 25.7 Å². The van der Waals surface area contributed by atoms with Gasteiger partial charge in [-0.2, -0.15) is 4.98 Å². The van der Waals surface area contributed by atoms with Crippen molar-refractivity contribution in [2.75, 3.05) is 0 Å². The zero-order valence-corrected chi connectivity index (χ0v) is 11.4. The largest absolute Gasteiger partial charge is 0.447 e. The van der Waals surface area contributed by atoms with Crippen molar-refractivity contribution in [2.45, 2.75) is 71.1 Å². The quantitative estimate of drug-likeness (QED) is 0.817. The molecule has 0 bridgehead atoms. The number of ether oxygens (including phenoxy) is 1.